The Balaban J connectivity index is 1.55. The average Bonchev–Trinajstić information content (AvgIpc) is 3.33. The van der Waals surface area contributed by atoms with Gasteiger partial charge in [-0.3, -0.25) is 14.7 Å². The lowest BCUT2D eigenvalue weighted by Crippen LogP contribution is -2.35. The number of benzene rings is 2. The predicted molar refractivity (Wildman–Crippen MR) is 144 cm³/mol. The molecule has 0 bridgehead atoms. The van der Waals surface area contributed by atoms with Crippen LogP contribution in [0.4, 0.5) is 0 Å². The fourth-order valence-electron chi connectivity index (χ4n) is 4.86. The van der Waals surface area contributed by atoms with Gasteiger partial charge in [0, 0.05) is 36.6 Å². The highest BCUT2D eigenvalue weighted by atomic mass is 16.1. The molecule has 8 nitrogen and oxygen atoms in total. The van der Waals surface area contributed by atoms with E-state index in [0.717, 1.165) is 33.4 Å². The van der Waals surface area contributed by atoms with Gasteiger partial charge < -0.3 is 4.98 Å². The third-order valence-electron chi connectivity index (χ3n) is 6.58. The summed E-state index contributed by atoms with van der Waals surface area (Å²) >= 11 is 0. The molecule has 1 N–H and O–H groups in total. The molecule has 1 atom stereocenters. The van der Waals surface area contributed by atoms with Crippen molar-refractivity contribution < 1.29 is 0 Å². The van der Waals surface area contributed by atoms with Crippen molar-refractivity contribution in [1.82, 2.24) is 35.1 Å². The normalized spacial score (nSPS) is 12.5. The number of aromatic nitrogens is 6. The Morgan fingerprint density at radius 1 is 0.973 bits per heavy atom. The number of rotatable bonds is 9. The van der Waals surface area contributed by atoms with Crippen molar-refractivity contribution in [2.45, 2.75) is 46.4 Å². The van der Waals surface area contributed by atoms with Crippen LogP contribution in [0.2, 0.25) is 0 Å². The van der Waals surface area contributed by atoms with Crippen LogP contribution >= 0.6 is 0 Å². The minimum atomic E-state index is -0.133. The molecule has 3 aromatic heterocycles. The van der Waals surface area contributed by atoms with Crippen LogP contribution in [0.15, 0.2) is 83.9 Å². The molecule has 0 unspecified atom stereocenters. The molecule has 0 aliphatic heterocycles. The third-order valence-corrected chi connectivity index (χ3v) is 6.58. The maximum Gasteiger partial charge on any atom is 0.252 e. The second-order valence-corrected chi connectivity index (χ2v) is 9.85. The zero-order valence-electron chi connectivity index (χ0n) is 21.4. The summed E-state index contributed by atoms with van der Waals surface area (Å²) in [5, 5.41) is 13.9. The van der Waals surface area contributed by atoms with Gasteiger partial charge in [-0.25, -0.2) is 4.68 Å². The van der Waals surface area contributed by atoms with Crippen molar-refractivity contribution in [1.29, 1.82) is 0 Å². The SMILES string of the molecule is Cc1ccc2[nH]c(=O)c(CN(Cc3cccnc3)[C@H](c3nnnn3Cc3ccccc3)C(C)C)cc2c1. The largest absolute Gasteiger partial charge is 0.322 e. The van der Waals surface area contributed by atoms with Crippen LogP contribution in [-0.4, -0.2) is 35.1 Å². The van der Waals surface area contributed by atoms with Gasteiger partial charge in [0.2, 0.25) is 0 Å². The van der Waals surface area contributed by atoms with Gasteiger partial charge in [0.15, 0.2) is 5.82 Å². The summed E-state index contributed by atoms with van der Waals surface area (Å²) in [6.45, 7) is 7.99. The van der Waals surface area contributed by atoms with Crippen molar-refractivity contribution >= 4 is 10.9 Å². The van der Waals surface area contributed by atoms with E-state index in [-0.39, 0.29) is 17.5 Å². The second kappa shape index (κ2) is 10.8. The van der Waals surface area contributed by atoms with Gasteiger partial charge >= 0.3 is 0 Å². The van der Waals surface area contributed by atoms with Crippen LogP contribution in [0.1, 0.15) is 48.0 Å². The molecular formula is C29H31N7O. The van der Waals surface area contributed by atoms with E-state index in [1.807, 2.05) is 53.3 Å². The summed E-state index contributed by atoms with van der Waals surface area (Å²) in [7, 11) is 0. The first kappa shape index (κ1) is 24.5. The van der Waals surface area contributed by atoms with Crippen LogP contribution in [0.3, 0.4) is 0 Å². The molecule has 5 rings (SSSR count). The van der Waals surface area contributed by atoms with Crippen molar-refractivity contribution in [3.8, 4) is 0 Å². The Labute approximate surface area is 216 Å². The van der Waals surface area contributed by atoms with Crippen LogP contribution in [-0.2, 0) is 19.6 Å². The van der Waals surface area contributed by atoms with Crippen molar-refractivity contribution in [3.05, 3.63) is 118 Å². The fraction of sp³-hybridized carbons (Fsp3) is 0.276. The summed E-state index contributed by atoms with van der Waals surface area (Å²) in [5.41, 5.74) is 4.79. The lowest BCUT2D eigenvalue weighted by atomic mass is 9.99. The molecular weight excluding hydrogens is 462 g/mol. The van der Waals surface area contributed by atoms with E-state index in [1.54, 1.807) is 6.20 Å². The van der Waals surface area contributed by atoms with E-state index in [4.69, 9.17) is 0 Å². The Morgan fingerprint density at radius 2 is 1.78 bits per heavy atom. The molecule has 0 spiro atoms. The number of aromatic amines is 1. The molecule has 8 heteroatoms. The van der Waals surface area contributed by atoms with Crippen LogP contribution < -0.4 is 5.56 Å². The first-order valence-electron chi connectivity index (χ1n) is 12.5. The second-order valence-electron chi connectivity index (χ2n) is 9.85. The van der Waals surface area contributed by atoms with Gasteiger partial charge in [0.1, 0.15) is 0 Å². The molecule has 0 radical (unpaired) electrons. The lowest BCUT2D eigenvalue weighted by molar-refractivity contribution is 0.126. The van der Waals surface area contributed by atoms with E-state index in [0.29, 0.717) is 25.2 Å². The first-order chi connectivity index (χ1) is 18.0. The fourth-order valence-corrected chi connectivity index (χ4v) is 4.86. The summed E-state index contributed by atoms with van der Waals surface area (Å²) in [6.07, 6.45) is 3.63. The number of hydrogen-bond donors (Lipinski definition) is 1. The van der Waals surface area contributed by atoms with Gasteiger partial charge in [0.05, 0.1) is 12.6 Å². The molecule has 5 aromatic rings. The molecule has 0 aliphatic rings. The highest BCUT2D eigenvalue weighted by Crippen LogP contribution is 2.30. The summed E-state index contributed by atoms with van der Waals surface area (Å²) < 4.78 is 1.87. The van der Waals surface area contributed by atoms with Gasteiger partial charge in [-0.05, 0) is 64.0 Å². The topological polar surface area (TPSA) is 92.6 Å². The van der Waals surface area contributed by atoms with Gasteiger partial charge in [-0.2, -0.15) is 0 Å². The molecule has 0 saturated carbocycles. The van der Waals surface area contributed by atoms with Gasteiger partial charge in [0.25, 0.3) is 5.56 Å². The zero-order valence-corrected chi connectivity index (χ0v) is 21.4. The molecule has 2 aromatic carbocycles. The van der Waals surface area contributed by atoms with Gasteiger partial charge in [-0.15, -0.1) is 5.10 Å². The Bertz CT molecular complexity index is 1530. The number of nitrogens with zero attached hydrogens (tertiary/aromatic N) is 6. The maximum atomic E-state index is 13.2. The molecule has 0 aliphatic carbocycles. The van der Waals surface area contributed by atoms with Gasteiger partial charge in [-0.1, -0.05) is 61.9 Å². The zero-order chi connectivity index (χ0) is 25.8. The van der Waals surface area contributed by atoms with E-state index in [1.165, 1.54) is 0 Å². The minimum absolute atomic E-state index is 0.0843. The van der Waals surface area contributed by atoms with Crippen molar-refractivity contribution in [3.63, 3.8) is 0 Å². The first-order valence-corrected chi connectivity index (χ1v) is 12.5. The number of tetrazole rings is 1. The highest BCUT2D eigenvalue weighted by Gasteiger charge is 2.30. The van der Waals surface area contributed by atoms with Crippen molar-refractivity contribution in [2.75, 3.05) is 0 Å². The van der Waals surface area contributed by atoms with Crippen LogP contribution in [0.5, 0.6) is 0 Å². The van der Waals surface area contributed by atoms with Crippen LogP contribution in [0, 0.1) is 12.8 Å². The number of nitrogens with one attached hydrogen (secondary N) is 1. The van der Waals surface area contributed by atoms with E-state index in [2.05, 4.69) is 75.4 Å². The minimum Gasteiger partial charge on any atom is -0.322 e. The summed E-state index contributed by atoms with van der Waals surface area (Å²) in [4.78, 5) is 22.8. The molecule has 188 valence electrons. The average molecular weight is 494 g/mol. The molecule has 3 heterocycles. The number of aryl methyl sites for hydroxylation is 1. The number of hydrogen-bond acceptors (Lipinski definition) is 6. The standard InChI is InChI=1S/C29H31N7O/c1-20(2)27(28-32-33-34-36(28)18-22-8-5-4-6-9-22)35(17-23-10-7-13-30-16-23)19-25-15-24-14-21(3)11-12-26(24)31-29(25)37/h4-16,20,27H,17-19H2,1-3H3,(H,31,37)/t27-/m0/s1. The monoisotopic (exact) mass is 493 g/mol. The smallest absolute Gasteiger partial charge is 0.252 e. The predicted octanol–water partition coefficient (Wildman–Crippen LogP) is 4.67. The maximum absolute atomic E-state index is 13.2. The third kappa shape index (κ3) is 5.65. The number of H-pyrrole nitrogens is 1. The van der Waals surface area contributed by atoms with E-state index < -0.39 is 0 Å². The Morgan fingerprint density at radius 3 is 2.54 bits per heavy atom. The lowest BCUT2D eigenvalue weighted by Gasteiger charge is -2.33. The number of pyridine rings is 2. The molecule has 0 fully saturated rings. The molecule has 0 saturated heterocycles. The van der Waals surface area contributed by atoms with Crippen molar-refractivity contribution in [2.24, 2.45) is 5.92 Å². The Kier molecular flexibility index (Phi) is 7.18. The Hall–Kier alpha value is -4.17. The van der Waals surface area contributed by atoms with Crippen LogP contribution in [0.25, 0.3) is 10.9 Å². The molecule has 0 amide bonds. The quantitative estimate of drug-likeness (QED) is 0.321. The number of fused-ring (bicyclic) bond motifs is 1. The molecule has 37 heavy (non-hydrogen) atoms. The van der Waals surface area contributed by atoms with E-state index >= 15 is 0 Å². The summed E-state index contributed by atoms with van der Waals surface area (Å²) in [6, 6.07) is 22.1. The van der Waals surface area contributed by atoms with E-state index in [9.17, 15) is 4.79 Å². The highest BCUT2D eigenvalue weighted by molar-refractivity contribution is 5.79. The summed E-state index contributed by atoms with van der Waals surface area (Å²) in [5.74, 6) is 0.954.